The maximum absolute atomic E-state index is 11.8. The lowest BCUT2D eigenvalue weighted by Gasteiger charge is -2.23. The van der Waals surface area contributed by atoms with Crippen LogP contribution in [0.5, 0.6) is 0 Å². The predicted octanol–water partition coefficient (Wildman–Crippen LogP) is 3.62. The Hall–Kier alpha value is -1.69. The van der Waals surface area contributed by atoms with E-state index >= 15 is 0 Å². The third-order valence-electron chi connectivity index (χ3n) is 4.57. The van der Waals surface area contributed by atoms with Crippen LogP contribution in [0.3, 0.4) is 0 Å². The van der Waals surface area contributed by atoms with Crippen molar-refractivity contribution in [2.45, 2.75) is 44.7 Å². The van der Waals surface area contributed by atoms with Crippen molar-refractivity contribution in [1.82, 2.24) is 10.0 Å². The zero-order chi connectivity index (χ0) is 17.9. The highest BCUT2D eigenvalue weighted by atomic mass is 32.2. The third-order valence-corrected chi connectivity index (χ3v) is 6.00. The molecule has 0 saturated carbocycles. The van der Waals surface area contributed by atoms with E-state index in [1.807, 2.05) is 12.1 Å². The largest absolute Gasteiger partial charge is 0.304 e. The normalized spacial score (nSPS) is 14.4. The van der Waals surface area contributed by atoms with E-state index in [1.165, 1.54) is 23.7 Å². The smallest absolute Gasteiger partial charge is 0.240 e. The maximum atomic E-state index is 11.8. The van der Waals surface area contributed by atoms with Crippen LogP contribution in [0.25, 0.3) is 0 Å². The average Bonchev–Trinajstić information content (AvgIpc) is 2.57. The molecule has 0 aliphatic carbocycles. The number of benzene rings is 2. The fraction of sp³-hybridized carbons (Fsp3) is 0.368. The molecule has 0 fully saturated rings. The van der Waals surface area contributed by atoms with E-state index in [4.69, 9.17) is 0 Å². The van der Waals surface area contributed by atoms with Crippen LogP contribution in [-0.2, 0) is 10.0 Å². The van der Waals surface area contributed by atoms with Gasteiger partial charge in [-0.05, 0) is 69.1 Å². The van der Waals surface area contributed by atoms with E-state index in [1.54, 1.807) is 12.1 Å². The third kappa shape index (κ3) is 4.04. The van der Waals surface area contributed by atoms with Crippen LogP contribution in [0.2, 0.25) is 0 Å². The summed E-state index contributed by atoms with van der Waals surface area (Å²) >= 11 is 0. The summed E-state index contributed by atoms with van der Waals surface area (Å²) in [4.78, 5) is 0.281. The highest BCUT2D eigenvalue weighted by Gasteiger charge is 2.15. The summed E-state index contributed by atoms with van der Waals surface area (Å²) < 4.78 is 25.9. The molecule has 2 atom stereocenters. The molecule has 0 spiro atoms. The molecule has 0 aliphatic heterocycles. The van der Waals surface area contributed by atoms with Crippen LogP contribution in [0.1, 0.15) is 48.2 Å². The van der Waals surface area contributed by atoms with E-state index in [-0.39, 0.29) is 17.0 Å². The quantitative estimate of drug-likeness (QED) is 0.840. The Labute approximate surface area is 145 Å². The van der Waals surface area contributed by atoms with Crippen LogP contribution in [0, 0.1) is 13.8 Å². The summed E-state index contributed by atoms with van der Waals surface area (Å²) in [7, 11) is -1.97. The fourth-order valence-corrected chi connectivity index (χ4v) is 3.59. The number of nitrogens with one attached hydrogen (secondary N) is 2. The minimum atomic E-state index is -3.39. The molecule has 0 unspecified atom stereocenters. The molecule has 2 N–H and O–H groups in total. The number of hydrogen-bond donors (Lipinski definition) is 2. The molecule has 0 saturated heterocycles. The summed E-state index contributed by atoms with van der Waals surface area (Å²) in [5.74, 6) is 0. The Morgan fingerprint density at radius 3 is 2.12 bits per heavy atom. The van der Waals surface area contributed by atoms with Gasteiger partial charge in [-0.3, -0.25) is 0 Å². The summed E-state index contributed by atoms with van der Waals surface area (Å²) in [6.45, 7) is 8.50. The van der Waals surface area contributed by atoms with Gasteiger partial charge in [-0.25, -0.2) is 13.1 Å². The number of aryl methyl sites for hydroxylation is 1. The first-order chi connectivity index (χ1) is 11.3. The van der Waals surface area contributed by atoms with Crippen molar-refractivity contribution in [3.63, 3.8) is 0 Å². The second kappa shape index (κ2) is 7.47. The van der Waals surface area contributed by atoms with Crippen LogP contribution in [0.4, 0.5) is 0 Å². The average molecular weight is 346 g/mol. The van der Waals surface area contributed by atoms with E-state index in [0.29, 0.717) is 0 Å². The van der Waals surface area contributed by atoms with Crippen molar-refractivity contribution in [2.75, 3.05) is 7.05 Å². The van der Waals surface area contributed by atoms with Crippen molar-refractivity contribution in [1.29, 1.82) is 0 Å². The fourth-order valence-electron chi connectivity index (χ4n) is 2.86. The van der Waals surface area contributed by atoms with Crippen molar-refractivity contribution in [3.05, 3.63) is 64.7 Å². The SMILES string of the molecule is CNS(=O)(=O)c1ccc([C@H](C)N[C@@H](C)c2cccc(C)c2C)cc1. The molecule has 0 amide bonds. The summed E-state index contributed by atoms with van der Waals surface area (Å²) in [6, 6.07) is 13.7. The topological polar surface area (TPSA) is 58.2 Å². The van der Waals surface area contributed by atoms with E-state index in [0.717, 1.165) is 5.56 Å². The minimum absolute atomic E-state index is 0.117. The summed E-state index contributed by atoms with van der Waals surface area (Å²) in [6.07, 6.45) is 0. The van der Waals surface area contributed by atoms with Gasteiger partial charge < -0.3 is 5.32 Å². The summed E-state index contributed by atoms with van der Waals surface area (Å²) in [5.41, 5.74) is 4.94. The second-order valence-corrected chi connectivity index (χ2v) is 8.06. The van der Waals surface area contributed by atoms with Crippen molar-refractivity contribution >= 4 is 10.0 Å². The van der Waals surface area contributed by atoms with Gasteiger partial charge in [0.25, 0.3) is 0 Å². The van der Waals surface area contributed by atoms with E-state index in [9.17, 15) is 8.42 Å². The zero-order valence-electron chi connectivity index (χ0n) is 14.9. The van der Waals surface area contributed by atoms with Crippen LogP contribution in [-0.4, -0.2) is 15.5 Å². The Balaban J connectivity index is 2.15. The van der Waals surface area contributed by atoms with Gasteiger partial charge in [0.1, 0.15) is 0 Å². The van der Waals surface area contributed by atoms with Gasteiger partial charge in [0.2, 0.25) is 10.0 Å². The lowest BCUT2D eigenvalue weighted by Crippen LogP contribution is -2.23. The molecule has 2 rings (SSSR count). The van der Waals surface area contributed by atoms with Gasteiger partial charge in [-0.2, -0.15) is 0 Å². The molecule has 0 heterocycles. The molecule has 0 radical (unpaired) electrons. The van der Waals surface area contributed by atoms with Gasteiger partial charge in [0.15, 0.2) is 0 Å². The van der Waals surface area contributed by atoms with Crippen LogP contribution < -0.4 is 10.0 Å². The lowest BCUT2D eigenvalue weighted by molar-refractivity contribution is 0.492. The number of sulfonamides is 1. The molecular weight excluding hydrogens is 320 g/mol. The lowest BCUT2D eigenvalue weighted by atomic mass is 9.97. The van der Waals surface area contributed by atoms with E-state index in [2.05, 4.69) is 55.9 Å². The minimum Gasteiger partial charge on any atom is -0.304 e. The van der Waals surface area contributed by atoms with Crippen molar-refractivity contribution in [3.8, 4) is 0 Å². The Bertz CT molecular complexity index is 799. The first-order valence-electron chi connectivity index (χ1n) is 8.12. The first-order valence-corrected chi connectivity index (χ1v) is 9.60. The standard InChI is InChI=1S/C19H26N2O2S/c1-13-7-6-8-19(14(13)2)16(4)21-15(3)17-9-11-18(12-10-17)24(22,23)20-5/h6-12,15-16,20-21H,1-5H3/t15-,16-/m0/s1. The molecular formula is C19H26N2O2S. The number of hydrogen-bond acceptors (Lipinski definition) is 3. The second-order valence-electron chi connectivity index (χ2n) is 6.18. The predicted molar refractivity (Wildman–Crippen MR) is 98.6 cm³/mol. The molecule has 0 aromatic heterocycles. The first kappa shape index (κ1) is 18.6. The molecule has 130 valence electrons. The molecule has 0 bridgehead atoms. The highest BCUT2D eigenvalue weighted by Crippen LogP contribution is 2.24. The Morgan fingerprint density at radius 2 is 1.54 bits per heavy atom. The molecule has 24 heavy (non-hydrogen) atoms. The molecule has 5 heteroatoms. The van der Waals surface area contributed by atoms with Gasteiger partial charge >= 0.3 is 0 Å². The number of rotatable bonds is 6. The Kier molecular flexibility index (Phi) is 5.80. The highest BCUT2D eigenvalue weighted by molar-refractivity contribution is 7.89. The van der Waals surface area contributed by atoms with Gasteiger partial charge in [0, 0.05) is 12.1 Å². The van der Waals surface area contributed by atoms with Crippen LogP contribution >= 0.6 is 0 Å². The molecule has 0 aliphatic rings. The monoisotopic (exact) mass is 346 g/mol. The molecule has 2 aromatic carbocycles. The van der Waals surface area contributed by atoms with Crippen LogP contribution in [0.15, 0.2) is 47.4 Å². The maximum Gasteiger partial charge on any atom is 0.240 e. The van der Waals surface area contributed by atoms with Gasteiger partial charge in [0.05, 0.1) is 4.90 Å². The van der Waals surface area contributed by atoms with Crippen molar-refractivity contribution < 1.29 is 8.42 Å². The zero-order valence-corrected chi connectivity index (χ0v) is 15.7. The molecule has 2 aromatic rings. The Morgan fingerprint density at radius 1 is 0.917 bits per heavy atom. The summed E-state index contributed by atoms with van der Waals surface area (Å²) in [5, 5.41) is 3.59. The van der Waals surface area contributed by atoms with Crippen molar-refractivity contribution in [2.24, 2.45) is 0 Å². The molecule has 4 nitrogen and oxygen atoms in total. The van der Waals surface area contributed by atoms with Gasteiger partial charge in [-0.1, -0.05) is 30.3 Å². The van der Waals surface area contributed by atoms with E-state index < -0.39 is 10.0 Å². The van der Waals surface area contributed by atoms with Gasteiger partial charge in [-0.15, -0.1) is 0 Å².